The van der Waals surface area contributed by atoms with Gasteiger partial charge in [0.1, 0.15) is 17.9 Å². The van der Waals surface area contributed by atoms with Crippen molar-refractivity contribution >= 4 is 40.7 Å². The van der Waals surface area contributed by atoms with Gasteiger partial charge in [-0.15, -0.1) is 11.3 Å². The Kier molecular flexibility index (Phi) is 14.9. The smallest absolute Gasteiger partial charge is 0.251 e. The van der Waals surface area contributed by atoms with E-state index >= 15 is 0 Å². The first kappa shape index (κ1) is 43.4. The molecule has 302 valence electrons. The predicted octanol–water partition coefficient (Wildman–Crippen LogP) is 8.92. The van der Waals surface area contributed by atoms with Crippen molar-refractivity contribution in [3.8, 4) is 22.3 Å². The second-order valence-electron chi connectivity index (χ2n) is 16.2. The van der Waals surface area contributed by atoms with Crippen molar-refractivity contribution in [1.29, 1.82) is 5.26 Å². The Labute approximate surface area is 345 Å². The first-order chi connectivity index (χ1) is 27.2. The van der Waals surface area contributed by atoms with Gasteiger partial charge in [-0.1, -0.05) is 95.7 Å². The van der Waals surface area contributed by atoms with E-state index in [1.165, 1.54) is 0 Å². The van der Waals surface area contributed by atoms with Gasteiger partial charge in [0.2, 0.25) is 5.91 Å². The number of nitrogens with two attached hydrogens (primary N) is 1. The zero-order valence-corrected chi connectivity index (χ0v) is 35.2. The van der Waals surface area contributed by atoms with Crippen LogP contribution in [0.5, 0.6) is 5.75 Å². The van der Waals surface area contributed by atoms with Crippen LogP contribution in [0.15, 0.2) is 72.2 Å². The van der Waals surface area contributed by atoms with Crippen LogP contribution in [0.2, 0.25) is 5.02 Å². The van der Waals surface area contributed by atoms with E-state index < -0.39 is 0 Å². The van der Waals surface area contributed by atoms with E-state index in [0.29, 0.717) is 40.6 Å². The summed E-state index contributed by atoms with van der Waals surface area (Å²) in [5.74, 6) is 0.183. The number of rotatable bonds is 19. The van der Waals surface area contributed by atoms with Gasteiger partial charge in [0, 0.05) is 59.6 Å². The molecule has 0 unspecified atom stereocenters. The van der Waals surface area contributed by atoms with Crippen molar-refractivity contribution in [3.63, 3.8) is 0 Å². The van der Waals surface area contributed by atoms with Crippen LogP contribution in [0.3, 0.4) is 0 Å². The summed E-state index contributed by atoms with van der Waals surface area (Å²) in [5, 5.41) is 18.7. The van der Waals surface area contributed by atoms with Crippen LogP contribution in [0, 0.1) is 29.1 Å². The number of aromatic nitrogens is 1. The molecule has 1 fully saturated rings. The third kappa shape index (κ3) is 11.0. The van der Waals surface area contributed by atoms with Gasteiger partial charge in [-0.2, -0.15) is 5.26 Å². The zero-order valence-electron chi connectivity index (χ0n) is 33.6. The molecule has 1 aliphatic rings. The second kappa shape index (κ2) is 19.6. The molecule has 3 aromatic carbocycles. The maximum Gasteiger partial charge on any atom is 0.251 e. The van der Waals surface area contributed by atoms with E-state index in [-0.39, 0.29) is 53.2 Å². The number of benzene rings is 3. The van der Waals surface area contributed by atoms with E-state index in [0.717, 1.165) is 66.6 Å². The molecule has 5 N–H and O–H groups in total. The number of carbonyl (C=O) groups excluding carboxylic acids is 3. The molecule has 0 bridgehead atoms. The number of ether oxygens (including phenoxy) is 1. The number of halogens is 1. The standard InChI is InChI=1S/C45H55ClN6O4S/c1-29-39(57-28-51-29)31-15-13-30(14-16-31)37(48)26-38(53)49-23-11-9-7-6-8-10-12-24-50-40(54)32-17-19-33(20-18-32)41(55)52-42-44(2,3)43(45(42,4)5)56-35-22-21-34(27-47)36(46)25-35/h13-22,25,28,37,42-43H,6-12,23-24,26,48H2,1-5H3,(H,49,53)(H,50,54)(H,52,55)/t37-,42-,43-/m0/s1. The van der Waals surface area contributed by atoms with Crippen molar-refractivity contribution < 1.29 is 19.1 Å². The number of amides is 3. The third-order valence-electron chi connectivity index (χ3n) is 11.1. The highest BCUT2D eigenvalue weighted by Gasteiger charge is 2.64. The van der Waals surface area contributed by atoms with Crippen LogP contribution in [0.25, 0.3) is 10.4 Å². The Morgan fingerprint density at radius 3 is 2.00 bits per heavy atom. The van der Waals surface area contributed by atoms with Crippen LogP contribution < -0.4 is 26.4 Å². The fraction of sp³-hybridized carbons (Fsp3) is 0.444. The SMILES string of the molecule is Cc1ncsc1-c1ccc([C@@H](N)CC(=O)NCCCCCCCCCNC(=O)c2ccc(C(=O)N[C@H]3C(C)(C)[C@H](Oc4ccc(C#N)c(Cl)c4)C3(C)C)cc2)cc1. The lowest BCUT2D eigenvalue weighted by atomic mass is 9.49. The molecule has 5 rings (SSSR count). The van der Waals surface area contributed by atoms with Crippen LogP contribution >= 0.6 is 22.9 Å². The van der Waals surface area contributed by atoms with E-state index in [1.807, 2.05) is 36.7 Å². The molecule has 0 spiro atoms. The predicted molar refractivity (Wildman–Crippen MR) is 227 cm³/mol. The molecule has 1 aliphatic carbocycles. The van der Waals surface area contributed by atoms with Crippen molar-refractivity contribution in [1.82, 2.24) is 20.9 Å². The summed E-state index contributed by atoms with van der Waals surface area (Å²) >= 11 is 7.83. The van der Waals surface area contributed by atoms with Gasteiger partial charge in [0.25, 0.3) is 11.8 Å². The first-order valence-corrected chi connectivity index (χ1v) is 21.1. The third-order valence-corrected chi connectivity index (χ3v) is 12.3. The normalized spacial score (nSPS) is 17.1. The van der Waals surface area contributed by atoms with Crippen LogP contribution in [0.4, 0.5) is 0 Å². The fourth-order valence-corrected chi connectivity index (χ4v) is 9.12. The van der Waals surface area contributed by atoms with Gasteiger partial charge >= 0.3 is 0 Å². The molecular weight excluding hydrogens is 756 g/mol. The lowest BCUT2D eigenvalue weighted by Crippen LogP contribution is -2.74. The summed E-state index contributed by atoms with van der Waals surface area (Å²) < 4.78 is 6.33. The van der Waals surface area contributed by atoms with E-state index in [9.17, 15) is 19.6 Å². The van der Waals surface area contributed by atoms with Gasteiger partial charge in [0.05, 0.1) is 26.7 Å². The highest BCUT2D eigenvalue weighted by molar-refractivity contribution is 7.13. The largest absolute Gasteiger partial charge is 0.489 e. The highest BCUT2D eigenvalue weighted by Crippen LogP contribution is 2.55. The molecule has 0 saturated heterocycles. The number of nitriles is 1. The molecule has 1 saturated carbocycles. The molecule has 0 radical (unpaired) electrons. The van der Waals surface area contributed by atoms with Crippen molar-refractivity contribution in [3.05, 3.63) is 105 Å². The number of hydrogen-bond acceptors (Lipinski definition) is 8. The summed E-state index contributed by atoms with van der Waals surface area (Å²) in [4.78, 5) is 43.9. The maximum absolute atomic E-state index is 13.3. The molecule has 10 nitrogen and oxygen atoms in total. The summed E-state index contributed by atoms with van der Waals surface area (Å²) in [7, 11) is 0. The minimum atomic E-state index is -0.383. The highest BCUT2D eigenvalue weighted by atomic mass is 35.5. The maximum atomic E-state index is 13.3. The Balaban J connectivity index is 0.909. The average Bonchev–Trinajstić information content (AvgIpc) is 3.63. The molecule has 1 aromatic heterocycles. The first-order valence-electron chi connectivity index (χ1n) is 19.8. The van der Waals surface area contributed by atoms with Gasteiger partial charge in [-0.05, 0) is 67.3 Å². The van der Waals surface area contributed by atoms with Crippen molar-refractivity contribution in [2.75, 3.05) is 13.1 Å². The monoisotopic (exact) mass is 810 g/mol. The number of thiazole rings is 1. The van der Waals surface area contributed by atoms with Crippen molar-refractivity contribution in [2.45, 2.75) is 104 Å². The Bertz CT molecular complexity index is 2020. The van der Waals surface area contributed by atoms with Gasteiger partial charge in [-0.25, -0.2) is 4.98 Å². The van der Waals surface area contributed by atoms with Crippen LogP contribution in [0.1, 0.15) is 123 Å². The number of unbranched alkanes of at least 4 members (excludes halogenated alkanes) is 6. The lowest BCUT2D eigenvalue weighted by molar-refractivity contribution is -0.164. The van der Waals surface area contributed by atoms with Gasteiger partial charge in [-0.3, -0.25) is 14.4 Å². The summed E-state index contributed by atoms with van der Waals surface area (Å²) in [6.45, 7) is 11.5. The molecular formula is C45H55ClN6O4S. The van der Waals surface area contributed by atoms with E-state index in [1.54, 1.807) is 53.8 Å². The fourth-order valence-electron chi connectivity index (χ4n) is 8.10. The van der Waals surface area contributed by atoms with E-state index in [2.05, 4.69) is 54.7 Å². The molecule has 12 heteroatoms. The summed E-state index contributed by atoms with van der Waals surface area (Å²) in [6.07, 6.45) is 7.27. The van der Waals surface area contributed by atoms with Crippen molar-refractivity contribution in [2.24, 2.45) is 16.6 Å². The van der Waals surface area contributed by atoms with E-state index in [4.69, 9.17) is 22.1 Å². The Morgan fingerprint density at radius 2 is 1.44 bits per heavy atom. The molecule has 0 aliphatic heterocycles. The molecule has 57 heavy (non-hydrogen) atoms. The number of carbonyl (C=O) groups is 3. The minimum absolute atomic E-state index is 0.0276. The number of nitrogens with one attached hydrogen (secondary N) is 3. The number of nitrogens with zero attached hydrogens (tertiary/aromatic N) is 2. The topological polar surface area (TPSA) is 159 Å². The number of hydrogen-bond donors (Lipinski definition) is 4. The van der Waals surface area contributed by atoms with Gasteiger partial charge in [0.15, 0.2) is 0 Å². The van der Waals surface area contributed by atoms with Crippen LogP contribution in [-0.4, -0.2) is 47.9 Å². The quantitative estimate of drug-likeness (QED) is 0.0689. The summed E-state index contributed by atoms with van der Waals surface area (Å²) in [6, 6.07) is 21.4. The second-order valence-corrected chi connectivity index (χ2v) is 17.4. The summed E-state index contributed by atoms with van der Waals surface area (Å²) in [5.41, 5.74) is 11.8. The minimum Gasteiger partial charge on any atom is -0.489 e. The Hall–Kier alpha value is -4.76. The zero-order chi connectivity index (χ0) is 41.2. The molecule has 4 aromatic rings. The number of aryl methyl sites for hydroxylation is 1. The molecule has 3 amide bonds. The van der Waals surface area contributed by atoms with Gasteiger partial charge < -0.3 is 26.4 Å². The molecule has 1 atom stereocenters. The van der Waals surface area contributed by atoms with Crippen LogP contribution in [-0.2, 0) is 4.79 Å². The average molecular weight is 811 g/mol. The Morgan fingerprint density at radius 1 is 0.860 bits per heavy atom. The lowest BCUT2D eigenvalue weighted by Gasteiger charge is -2.63. The molecule has 1 heterocycles.